The van der Waals surface area contributed by atoms with Crippen LogP contribution in [0.5, 0.6) is 6.01 Å². The van der Waals surface area contributed by atoms with Crippen molar-refractivity contribution in [2.75, 3.05) is 44.6 Å². The Labute approximate surface area is 108 Å². The van der Waals surface area contributed by atoms with E-state index < -0.39 is 0 Å². The van der Waals surface area contributed by atoms with Gasteiger partial charge in [-0.3, -0.25) is 0 Å². The number of likely N-dealkylation sites (N-methyl/N-ethyl adjacent to an activating group) is 1. The minimum atomic E-state index is 0.0224. The number of methoxy groups -OCH3 is 1. The van der Waals surface area contributed by atoms with Gasteiger partial charge < -0.3 is 19.7 Å². The van der Waals surface area contributed by atoms with Crippen molar-refractivity contribution in [1.29, 1.82) is 0 Å². The topological polar surface area (TPSA) is 72.4 Å². The first kappa shape index (κ1) is 14.4. The highest BCUT2D eigenvalue weighted by atomic mass is 16.5. The van der Waals surface area contributed by atoms with Crippen LogP contribution in [0.2, 0.25) is 0 Å². The molecule has 0 saturated heterocycles. The van der Waals surface area contributed by atoms with Crippen molar-refractivity contribution >= 4 is 11.9 Å². The summed E-state index contributed by atoms with van der Waals surface area (Å²) < 4.78 is 10.5. The third kappa shape index (κ3) is 4.33. The molecule has 0 unspecified atom stereocenters. The number of hydrogen-bond acceptors (Lipinski definition) is 7. The highest BCUT2D eigenvalue weighted by Crippen LogP contribution is 2.14. The Bertz CT molecular complexity index is 372. The summed E-state index contributed by atoms with van der Waals surface area (Å²) in [6.45, 7) is 5.16. The Morgan fingerprint density at radius 3 is 2.56 bits per heavy atom. The van der Waals surface area contributed by atoms with Crippen LogP contribution in [0.1, 0.15) is 13.8 Å². The van der Waals surface area contributed by atoms with Gasteiger partial charge in [0.05, 0.1) is 12.7 Å². The Hall–Kier alpha value is -1.63. The number of nitrogens with one attached hydrogen (secondary N) is 1. The lowest BCUT2D eigenvalue weighted by atomic mass is 10.5. The SMILES string of the molecule is CNc1nc(OC(C)C)nc(N(C)CCOC)n1. The Kier molecular flexibility index (Phi) is 5.57. The molecule has 1 N–H and O–H groups in total. The summed E-state index contributed by atoms with van der Waals surface area (Å²) in [5.41, 5.74) is 0. The summed E-state index contributed by atoms with van der Waals surface area (Å²) in [6, 6.07) is 0.323. The standard InChI is InChI=1S/C11H21N5O2/c1-8(2)18-11-14-9(12-3)13-10(15-11)16(4)6-7-17-5/h8H,6-7H2,1-5H3,(H,12,13,14,15). The van der Waals surface area contributed by atoms with Gasteiger partial charge in [0.15, 0.2) is 0 Å². The molecule has 18 heavy (non-hydrogen) atoms. The van der Waals surface area contributed by atoms with Gasteiger partial charge in [0.25, 0.3) is 0 Å². The predicted octanol–water partition coefficient (Wildman–Crippen LogP) is 0.783. The molecule has 0 aliphatic heterocycles. The van der Waals surface area contributed by atoms with Crippen molar-refractivity contribution < 1.29 is 9.47 Å². The predicted molar refractivity (Wildman–Crippen MR) is 70.3 cm³/mol. The number of ether oxygens (including phenoxy) is 2. The van der Waals surface area contributed by atoms with Crippen LogP contribution in [-0.4, -0.2) is 55.4 Å². The highest BCUT2D eigenvalue weighted by Gasteiger charge is 2.11. The minimum absolute atomic E-state index is 0.0224. The molecule has 0 fully saturated rings. The summed E-state index contributed by atoms with van der Waals surface area (Å²) in [6.07, 6.45) is 0.0224. The molecule has 0 aliphatic carbocycles. The molecule has 1 heterocycles. The second kappa shape index (κ2) is 6.95. The van der Waals surface area contributed by atoms with Crippen molar-refractivity contribution in [2.24, 2.45) is 0 Å². The van der Waals surface area contributed by atoms with Gasteiger partial charge in [-0.05, 0) is 13.8 Å². The minimum Gasteiger partial charge on any atom is -0.461 e. The maximum absolute atomic E-state index is 5.49. The summed E-state index contributed by atoms with van der Waals surface area (Å²) >= 11 is 0. The zero-order valence-corrected chi connectivity index (χ0v) is 11.6. The lowest BCUT2D eigenvalue weighted by Gasteiger charge is -2.18. The van der Waals surface area contributed by atoms with E-state index in [1.165, 1.54) is 0 Å². The number of rotatable bonds is 7. The molecule has 0 aliphatic rings. The van der Waals surface area contributed by atoms with E-state index in [-0.39, 0.29) is 6.10 Å². The Balaban J connectivity index is 2.88. The Morgan fingerprint density at radius 1 is 1.28 bits per heavy atom. The number of nitrogens with zero attached hydrogens (tertiary/aromatic N) is 4. The molecular weight excluding hydrogens is 234 g/mol. The molecule has 1 aromatic rings. The first-order valence-electron chi connectivity index (χ1n) is 5.87. The van der Waals surface area contributed by atoms with Crippen LogP contribution in [0.25, 0.3) is 0 Å². The quantitative estimate of drug-likeness (QED) is 0.772. The third-order valence-electron chi connectivity index (χ3n) is 2.14. The van der Waals surface area contributed by atoms with E-state index in [0.717, 1.165) is 0 Å². The molecule has 0 atom stereocenters. The second-order valence-corrected chi connectivity index (χ2v) is 4.07. The van der Waals surface area contributed by atoms with Crippen LogP contribution in [0.15, 0.2) is 0 Å². The van der Waals surface area contributed by atoms with E-state index in [0.29, 0.717) is 31.1 Å². The van der Waals surface area contributed by atoms with Gasteiger partial charge in [-0.1, -0.05) is 0 Å². The van der Waals surface area contributed by atoms with E-state index in [4.69, 9.17) is 9.47 Å². The molecule has 0 radical (unpaired) electrons. The van der Waals surface area contributed by atoms with Crippen LogP contribution in [-0.2, 0) is 4.74 Å². The molecule has 1 aromatic heterocycles. The average molecular weight is 255 g/mol. The van der Waals surface area contributed by atoms with Gasteiger partial charge in [0.2, 0.25) is 11.9 Å². The maximum Gasteiger partial charge on any atom is 0.323 e. The van der Waals surface area contributed by atoms with Crippen LogP contribution in [0.4, 0.5) is 11.9 Å². The van der Waals surface area contributed by atoms with Gasteiger partial charge in [-0.25, -0.2) is 0 Å². The third-order valence-corrected chi connectivity index (χ3v) is 2.14. The molecule has 0 saturated carbocycles. The maximum atomic E-state index is 5.49. The smallest absolute Gasteiger partial charge is 0.323 e. The van der Waals surface area contributed by atoms with E-state index in [1.807, 2.05) is 25.8 Å². The average Bonchev–Trinajstić information content (AvgIpc) is 2.34. The molecule has 0 aromatic carbocycles. The first-order chi connectivity index (χ1) is 8.56. The number of aromatic nitrogens is 3. The molecule has 0 bridgehead atoms. The van der Waals surface area contributed by atoms with Gasteiger partial charge in [-0.2, -0.15) is 15.0 Å². The summed E-state index contributed by atoms with van der Waals surface area (Å²) in [4.78, 5) is 14.6. The Morgan fingerprint density at radius 2 is 2.00 bits per heavy atom. The number of hydrogen-bond donors (Lipinski definition) is 1. The first-order valence-corrected chi connectivity index (χ1v) is 5.87. The van der Waals surface area contributed by atoms with Crippen LogP contribution >= 0.6 is 0 Å². The zero-order chi connectivity index (χ0) is 13.5. The van der Waals surface area contributed by atoms with Gasteiger partial charge >= 0.3 is 6.01 Å². The molecule has 7 heteroatoms. The van der Waals surface area contributed by atoms with E-state index >= 15 is 0 Å². The zero-order valence-electron chi connectivity index (χ0n) is 11.6. The van der Waals surface area contributed by atoms with Gasteiger partial charge in [0, 0.05) is 27.7 Å². The molecule has 1 rings (SSSR count). The van der Waals surface area contributed by atoms with Crippen LogP contribution < -0.4 is 15.0 Å². The van der Waals surface area contributed by atoms with Crippen molar-refractivity contribution in [3.05, 3.63) is 0 Å². The summed E-state index contributed by atoms with van der Waals surface area (Å²) in [5.74, 6) is 1.04. The largest absolute Gasteiger partial charge is 0.461 e. The van der Waals surface area contributed by atoms with Gasteiger partial charge in [0.1, 0.15) is 0 Å². The molecule has 7 nitrogen and oxygen atoms in total. The molecule has 102 valence electrons. The summed E-state index contributed by atoms with van der Waals surface area (Å²) in [7, 11) is 5.31. The van der Waals surface area contributed by atoms with E-state index in [9.17, 15) is 0 Å². The molecule has 0 amide bonds. The summed E-state index contributed by atoms with van der Waals surface area (Å²) in [5, 5.41) is 2.89. The van der Waals surface area contributed by atoms with Crippen molar-refractivity contribution in [1.82, 2.24) is 15.0 Å². The number of anilines is 2. The van der Waals surface area contributed by atoms with Crippen molar-refractivity contribution in [3.63, 3.8) is 0 Å². The van der Waals surface area contributed by atoms with Crippen LogP contribution in [0.3, 0.4) is 0 Å². The van der Waals surface area contributed by atoms with Crippen LogP contribution in [0, 0.1) is 0 Å². The fourth-order valence-corrected chi connectivity index (χ4v) is 1.22. The second-order valence-electron chi connectivity index (χ2n) is 4.07. The fourth-order valence-electron chi connectivity index (χ4n) is 1.22. The lowest BCUT2D eigenvalue weighted by Crippen LogP contribution is -2.25. The normalized spacial score (nSPS) is 10.6. The van der Waals surface area contributed by atoms with Crippen molar-refractivity contribution in [3.8, 4) is 6.01 Å². The highest BCUT2D eigenvalue weighted by molar-refractivity contribution is 5.37. The molecular formula is C11H21N5O2. The van der Waals surface area contributed by atoms with E-state index in [1.54, 1.807) is 14.2 Å². The fraction of sp³-hybridized carbons (Fsp3) is 0.727. The lowest BCUT2D eigenvalue weighted by molar-refractivity contribution is 0.205. The molecule has 0 spiro atoms. The van der Waals surface area contributed by atoms with Gasteiger partial charge in [-0.15, -0.1) is 0 Å². The monoisotopic (exact) mass is 255 g/mol. The van der Waals surface area contributed by atoms with Crippen molar-refractivity contribution in [2.45, 2.75) is 20.0 Å². The van der Waals surface area contributed by atoms with E-state index in [2.05, 4.69) is 20.3 Å².